The minimum Gasteiger partial charge on any atom is -0.444 e. The summed E-state index contributed by atoms with van der Waals surface area (Å²) in [5.74, 6) is 2.88. The first-order chi connectivity index (χ1) is 9.38. The summed E-state index contributed by atoms with van der Waals surface area (Å²) >= 11 is 6.03. The maximum Gasteiger partial charge on any atom is 0.213 e. The fourth-order valence-electron chi connectivity index (χ4n) is 1.60. The molecule has 0 fully saturated rings. The molecule has 0 aromatic carbocycles. The Morgan fingerprint density at radius 1 is 1.30 bits per heavy atom. The normalized spacial score (nSPS) is 11.7. The van der Waals surface area contributed by atoms with Gasteiger partial charge in [0, 0.05) is 17.9 Å². The zero-order valence-corrected chi connectivity index (χ0v) is 13.0. The van der Waals surface area contributed by atoms with E-state index in [1.54, 1.807) is 12.3 Å². The third-order valence-electron chi connectivity index (χ3n) is 2.74. The molecule has 0 atom stereocenters. The molecule has 5 nitrogen and oxygen atoms in total. The predicted octanol–water partition coefficient (Wildman–Crippen LogP) is 3.59. The van der Waals surface area contributed by atoms with Crippen molar-refractivity contribution >= 4 is 17.4 Å². The van der Waals surface area contributed by atoms with Gasteiger partial charge in [-0.2, -0.15) is 0 Å². The van der Waals surface area contributed by atoms with Gasteiger partial charge in [0.25, 0.3) is 0 Å². The van der Waals surface area contributed by atoms with Crippen LogP contribution in [0.3, 0.4) is 0 Å². The number of oxazole rings is 1. The number of halogens is 1. The summed E-state index contributed by atoms with van der Waals surface area (Å²) in [5.41, 5.74) is -0.153. The van der Waals surface area contributed by atoms with Crippen LogP contribution in [0.1, 0.15) is 45.2 Å². The van der Waals surface area contributed by atoms with Crippen molar-refractivity contribution in [2.24, 2.45) is 0 Å². The molecule has 2 heterocycles. The van der Waals surface area contributed by atoms with E-state index in [9.17, 15) is 0 Å². The van der Waals surface area contributed by atoms with Crippen LogP contribution in [0, 0.1) is 0 Å². The number of nitrogens with one attached hydrogen (secondary N) is 1. The van der Waals surface area contributed by atoms with Crippen LogP contribution in [0.5, 0.6) is 0 Å². The van der Waals surface area contributed by atoms with E-state index in [1.165, 1.54) is 0 Å². The zero-order valence-electron chi connectivity index (χ0n) is 12.2. The summed E-state index contributed by atoms with van der Waals surface area (Å²) < 4.78 is 5.53. The van der Waals surface area contributed by atoms with Gasteiger partial charge in [-0.25, -0.2) is 15.0 Å². The molecule has 20 heavy (non-hydrogen) atoms. The highest BCUT2D eigenvalue weighted by Crippen LogP contribution is 2.22. The molecule has 2 aromatic heterocycles. The fraction of sp³-hybridized carbons (Fsp3) is 0.500. The van der Waals surface area contributed by atoms with Gasteiger partial charge in [0.1, 0.15) is 22.6 Å². The number of rotatable bonds is 4. The van der Waals surface area contributed by atoms with Crippen LogP contribution in [0.4, 0.5) is 5.82 Å². The predicted molar refractivity (Wildman–Crippen MR) is 78.9 cm³/mol. The molecule has 2 aromatic rings. The first kappa shape index (κ1) is 14.8. The standard InChI is InChI=1S/C14H19ClN4O/c1-5-9-7-17-12(20-9)8-16-11-6-10(15)18-13(19-11)14(2,3)4/h6-7H,5,8H2,1-4H3,(H,16,18,19). The summed E-state index contributed by atoms with van der Waals surface area (Å²) in [5, 5.41) is 3.58. The Bertz CT molecular complexity index is 589. The van der Waals surface area contributed by atoms with Crippen LogP contribution in [0.25, 0.3) is 0 Å². The molecule has 0 saturated carbocycles. The highest BCUT2D eigenvalue weighted by Gasteiger charge is 2.18. The number of aromatic nitrogens is 3. The summed E-state index contributed by atoms with van der Waals surface area (Å²) in [7, 11) is 0. The van der Waals surface area contributed by atoms with Crippen molar-refractivity contribution in [1.82, 2.24) is 15.0 Å². The van der Waals surface area contributed by atoms with Gasteiger partial charge in [-0.15, -0.1) is 0 Å². The lowest BCUT2D eigenvalue weighted by Gasteiger charge is -2.17. The second-order valence-corrected chi connectivity index (χ2v) is 5.96. The SMILES string of the molecule is CCc1cnc(CNc2cc(Cl)nc(C(C)(C)C)n2)o1. The van der Waals surface area contributed by atoms with Crippen molar-refractivity contribution in [2.75, 3.05) is 5.32 Å². The van der Waals surface area contributed by atoms with Crippen LogP contribution in [0.15, 0.2) is 16.7 Å². The summed E-state index contributed by atoms with van der Waals surface area (Å²) in [6.07, 6.45) is 2.57. The molecule has 1 N–H and O–H groups in total. The van der Waals surface area contributed by atoms with E-state index in [0.29, 0.717) is 29.2 Å². The van der Waals surface area contributed by atoms with Gasteiger partial charge in [-0.1, -0.05) is 39.3 Å². The lowest BCUT2D eigenvalue weighted by atomic mass is 9.96. The third-order valence-corrected chi connectivity index (χ3v) is 2.93. The lowest BCUT2D eigenvalue weighted by Crippen LogP contribution is -2.17. The molecule has 0 saturated heterocycles. The molecule has 0 bridgehead atoms. The summed E-state index contributed by atoms with van der Waals surface area (Å²) in [6, 6.07) is 1.69. The molecular weight excluding hydrogens is 276 g/mol. The molecule has 0 aliphatic rings. The van der Waals surface area contributed by atoms with E-state index in [2.05, 4.69) is 20.3 Å². The minimum atomic E-state index is -0.153. The number of hydrogen-bond acceptors (Lipinski definition) is 5. The van der Waals surface area contributed by atoms with Crippen molar-refractivity contribution in [1.29, 1.82) is 0 Å². The Kier molecular flexibility index (Phi) is 4.28. The first-order valence-corrected chi connectivity index (χ1v) is 6.99. The molecule has 0 amide bonds. The highest BCUT2D eigenvalue weighted by atomic mass is 35.5. The summed E-state index contributed by atoms with van der Waals surface area (Å²) in [6.45, 7) is 8.63. The van der Waals surface area contributed by atoms with Crippen LogP contribution in [-0.4, -0.2) is 15.0 Å². The van der Waals surface area contributed by atoms with Crippen molar-refractivity contribution < 1.29 is 4.42 Å². The maximum absolute atomic E-state index is 6.03. The van der Waals surface area contributed by atoms with E-state index in [0.717, 1.165) is 12.2 Å². The van der Waals surface area contributed by atoms with Crippen molar-refractivity contribution in [2.45, 2.75) is 46.1 Å². The smallest absolute Gasteiger partial charge is 0.213 e. The van der Waals surface area contributed by atoms with Crippen LogP contribution >= 0.6 is 11.6 Å². The largest absolute Gasteiger partial charge is 0.444 e. The van der Waals surface area contributed by atoms with Crippen molar-refractivity contribution in [3.05, 3.63) is 34.9 Å². The average molecular weight is 295 g/mol. The van der Waals surface area contributed by atoms with Gasteiger partial charge in [0.05, 0.1) is 12.7 Å². The maximum atomic E-state index is 6.03. The van der Waals surface area contributed by atoms with Crippen molar-refractivity contribution in [3.63, 3.8) is 0 Å². The molecule has 0 aliphatic carbocycles. The van der Waals surface area contributed by atoms with E-state index in [1.807, 2.05) is 27.7 Å². The molecule has 2 rings (SSSR count). The molecule has 108 valence electrons. The third kappa shape index (κ3) is 3.70. The number of anilines is 1. The Balaban J connectivity index is 2.11. The Morgan fingerprint density at radius 2 is 2.05 bits per heavy atom. The summed E-state index contributed by atoms with van der Waals surface area (Å²) in [4.78, 5) is 12.9. The number of nitrogens with zero attached hydrogens (tertiary/aromatic N) is 3. The molecule has 0 radical (unpaired) electrons. The minimum absolute atomic E-state index is 0.153. The second-order valence-electron chi connectivity index (χ2n) is 5.58. The first-order valence-electron chi connectivity index (χ1n) is 6.61. The fourth-order valence-corrected chi connectivity index (χ4v) is 1.79. The molecule has 0 spiro atoms. The Labute approximate surface area is 123 Å². The second kappa shape index (κ2) is 5.79. The van der Waals surface area contributed by atoms with E-state index in [-0.39, 0.29) is 5.41 Å². The molecule has 6 heteroatoms. The van der Waals surface area contributed by atoms with Gasteiger partial charge < -0.3 is 9.73 Å². The van der Waals surface area contributed by atoms with Gasteiger partial charge >= 0.3 is 0 Å². The van der Waals surface area contributed by atoms with Gasteiger partial charge in [0.15, 0.2) is 0 Å². The molecule has 0 aliphatic heterocycles. The van der Waals surface area contributed by atoms with Crippen molar-refractivity contribution in [3.8, 4) is 0 Å². The quantitative estimate of drug-likeness (QED) is 0.873. The van der Waals surface area contributed by atoms with E-state index in [4.69, 9.17) is 16.0 Å². The average Bonchev–Trinajstić information content (AvgIpc) is 2.82. The molecular formula is C14H19ClN4O. The number of hydrogen-bond donors (Lipinski definition) is 1. The Hall–Kier alpha value is -1.62. The zero-order chi connectivity index (χ0) is 14.8. The van der Waals surface area contributed by atoms with Crippen LogP contribution in [0.2, 0.25) is 5.15 Å². The number of aryl methyl sites for hydroxylation is 1. The highest BCUT2D eigenvalue weighted by molar-refractivity contribution is 6.29. The lowest BCUT2D eigenvalue weighted by molar-refractivity contribution is 0.465. The van der Waals surface area contributed by atoms with Crippen LogP contribution < -0.4 is 5.32 Å². The van der Waals surface area contributed by atoms with E-state index < -0.39 is 0 Å². The Morgan fingerprint density at radius 3 is 2.65 bits per heavy atom. The van der Waals surface area contributed by atoms with Gasteiger partial charge in [0.2, 0.25) is 5.89 Å². The van der Waals surface area contributed by atoms with Gasteiger partial charge in [-0.3, -0.25) is 0 Å². The topological polar surface area (TPSA) is 63.8 Å². The van der Waals surface area contributed by atoms with Gasteiger partial charge in [-0.05, 0) is 0 Å². The van der Waals surface area contributed by atoms with Crippen LogP contribution in [-0.2, 0) is 18.4 Å². The monoisotopic (exact) mass is 294 g/mol. The van der Waals surface area contributed by atoms with E-state index >= 15 is 0 Å². The molecule has 0 unspecified atom stereocenters.